The molecule has 20 heavy (non-hydrogen) atoms. The molecule has 106 valence electrons. The molecule has 2 atom stereocenters. The fraction of sp³-hybridized carbons (Fsp3) is 0.467. The van der Waals surface area contributed by atoms with Crippen LogP contribution in [0.4, 0.5) is 5.69 Å². The molecule has 1 fully saturated rings. The van der Waals surface area contributed by atoms with E-state index in [9.17, 15) is 4.79 Å². The number of amides is 1. The van der Waals surface area contributed by atoms with Crippen molar-refractivity contribution in [1.82, 2.24) is 9.88 Å². The van der Waals surface area contributed by atoms with Gasteiger partial charge in [0.25, 0.3) is 5.91 Å². The lowest BCUT2D eigenvalue weighted by Gasteiger charge is -2.35. The van der Waals surface area contributed by atoms with Crippen LogP contribution in [0.5, 0.6) is 0 Å². The van der Waals surface area contributed by atoms with Gasteiger partial charge in [-0.05, 0) is 24.3 Å². The van der Waals surface area contributed by atoms with E-state index in [1.54, 1.807) is 12.4 Å². The van der Waals surface area contributed by atoms with Crippen molar-refractivity contribution in [3.8, 4) is 0 Å². The van der Waals surface area contributed by atoms with Crippen molar-refractivity contribution in [2.75, 3.05) is 18.8 Å². The largest absolute Gasteiger partial charge is 0.397 e. The Morgan fingerprint density at radius 1 is 1.45 bits per heavy atom. The van der Waals surface area contributed by atoms with Crippen molar-refractivity contribution in [2.24, 2.45) is 11.8 Å². The van der Waals surface area contributed by atoms with E-state index in [2.05, 4.69) is 18.8 Å². The molecule has 3 heterocycles. The third kappa shape index (κ3) is 2.16. The number of carbonyl (C=O) groups is 1. The summed E-state index contributed by atoms with van der Waals surface area (Å²) < 4.78 is 0.978. The number of thiophene rings is 1. The van der Waals surface area contributed by atoms with Gasteiger partial charge in [0.15, 0.2) is 0 Å². The molecule has 0 saturated carbocycles. The molecule has 2 unspecified atom stereocenters. The monoisotopic (exact) mass is 289 g/mol. The Labute approximate surface area is 122 Å². The van der Waals surface area contributed by atoms with Crippen molar-refractivity contribution in [3.63, 3.8) is 0 Å². The van der Waals surface area contributed by atoms with Crippen LogP contribution in [0.3, 0.4) is 0 Å². The van der Waals surface area contributed by atoms with Crippen LogP contribution < -0.4 is 5.73 Å². The fourth-order valence-electron chi connectivity index (χ4n) is 2.72. The Balaban J connectivity index is 1.91. The molecule has 1 aliphatic heterocycles. The number of piperidine rings is 1. The summed E-state index contributed by atoms with van der Waals surface area (Å²) in [6.07, 6.45) is 4.55. The normalized spacial score (nSPS) is 23.2. The van der Waals surface area contributed by atoms with E-state index >= 15 is 0 Å². The van der Waals surface area contributed by atoms with E-state index < -0.39 is 0 Å². The summed E-state index contributed by atoms with van der Waals surface area (Å²) in [5.74, 6) is 1.30. The minimum atomic E-state index is 0.0717. The topological polar surface area (TPSA) is 59.2 Å². The van der Waals surface area contributed by atoms with E-state index in [1.165, 1.54) is 11.3 Å². The highest BCUT2D eigenvalue weighted by molar-refractivity contribution is 7.21. The highest BCUT2D eigenvalue weighted by atomic mass is 32.1. The number of anilines is 1. The quantitative estimate of drug-likeness (QED) is 0.878. The van der Waals surface area contributed by atoms with Crippen LogP contribution in [-0.2, 0) is 0 Å². The van der Waals surface area contributed by atoms with E-state index in [-0.39, 0.29) is 5.91 Å². The number of pyridine rings is 1. The number of nitrogens with two attached hydrogens (primary N) is 1. The van der Waals surface area contributed by atoms with Crippen LogP contribution in [0.15, 0.2) is 18.5 Å². The highest BCUT2D eigenvalue weighted by Crippen LogP contribution is 2.34. The number of aromatic nitrogens is 1. The van der Waals surface area contributed by atoms with Crippen molar-refractivity contribution in [3.05, 3.63) is 23.3 Å². The van der Waals surface area contributed by atoms with Gasteiger partial charge in [0, 0.05) is 30.9 Å². The van der Waals surface area contributed by atoms with Crippen LogP contribution in [0.25, 0.3) is 10.1 Å². The third-order valence-corrected chi connectivity index (χ3v) is 5.49. The van der Waals surface area contributed by atoms with Gasteiger partial charge in [0.2, 0.25) is 0 Å². The minimum Gasteiger partial charge on any atom is -0.397 e. The molecule has 2 aromatic heterocycles. The Morgan fingerprint density at radius 2 is 2.25 bits per heavy atom. The SMILES string of the molecule is CC1CCN(C(=O)c2sc3cnccc3c2N)CC1C. The van der Waals surface area contributed by atoms with Crippen LogP contribution in [0.2, 0.25) is 0 Å². The first-order valence-electron chi connectivity index (χ1n) is 6.99. The molecule has 1 amide bonds. The van der Waals surface area contributed by atoms with Gasteiger partial charge in [-0.3, -0.25) is 9.78 Å². The standard InChI is InChI=1S/C15H19N3OS/c1-9-4-6-18(8-10(9)2)15(19)14-13(16)11-3-5-17-7-12(11)20-14/h3,5,7,9-10H,4,6,8,16H2,1-2H3. The number of hydrogen-bond acceptors (Lipinski definition) is 4. The number of hydrogen-bond donors (Lipinski definition) is 1. The second-order valence-corrected chi connectivity index (χ2v) is 6.76. The number of nitrogens with zero attached hydrogens (tertiary/aromatic N) is 2. The first kappa shape index (κ1) is 13.4. The molecule has 2 aromatic rings. The molecular weight excluding hydrogens is 270 g/mol. The van der Waals surface area contributed by atoms with Gasteiger partial charge in [-0.25, -0.2) is 0 Å². The zero-order valence-electron chi connectivity index (χ0n) is 11.8. The summed E-state index contributed by atoms with van der Waals surface area (Å²) in [5, 5.41) is 0.937. The summed E-state index contributed by atoms with van der Waals surface area (Å²) in [7, 11) is 0. The van der Waals surface area contributed by atoms with Gasteiger partial charge in [0.05, 0.1) is 10.4 Å². The predicted octanol–water partition coefficient (Wildman–Crippen LogP) is 3.00. The molecule has 1 aliphatic rings. The summed E-state index contributed by atoms with van der Waals surface area (Å²) in [4.78, 5) is 19.4. The summed E-state index contributed by atoms with van der Waals surface area (Å²) in [6.45, 7) is 6.12. The first-order chi connectivity index (χ1) is 9.58. The third-order valence-electron chi connectivity index (χ3n) is 4.35. The summed E-state index contributed by atoms with van der Waals surface area (Å²) in [5.41, 5.74) is 6.74. The predicted molar refractivity (Wildman–Crippen MR) is 82.9 cm³/mol. The Morgan fingerprint density at radius 3 is 2.95 bits per heavy atom. The average molecular weight is 289 g/mol. The number of carbonyl (C=O) groups excluding carboxylic acids is 1. The maximum atomic E-state index is 12.7. The molecule has 4 nitrogen and oxygen atoms in total. The Hall–Kier alpha value is -1.62. The van der Waals surface area contributed by atoms with Crippen molar-refractivity contribution in [2.45, 2.75) is 20.3 Å². The molecular formula is C15H19N3OS. The van der Waals surface area contributed by atoms with Crippen molar-refractivity contribution >= 4 is 33.0 Å². The minimum absolute atomic E-state index is 0.0717. The van der Waals surface area contributed by atoms with Crippen molar-refractivity contribution in [1.29, 1.82) is 0 Å². The zero-order chi connectivity index (χ0) is 14.3. The molecule has 0 bridgehead atoms. The fourth-order valence-corrected chi connectivity index (χ4v) is 3.78. The van der Waals surface area contributed by atoms with Crippen LogP contribution in [0.1, 0.15) is 29.9 Å². The van der Waals surface area contributed by atoms with Gasteiger partial charge in [0.1, 0.15) is 4.88 Å². The van der Waals surface area contributed by atoms with Gasteiger partial charge in [-0.15, -0.1) is 11.3 Å². The first-order valence-corrected chi connectivity index (χ1v) is 7.81. The second kappa shape index (κ2) is 5.05. The maximum absolute atomic E-state index is 12.7. The zero-order valence-corrected chi connectivity index (χ0v) is 12.6. The highest BCUT2D eigenvalue weighted by Gasteiger charge is 2.28. The smallest absolute Gasteiger partial charge is 0.266 e. The van der Waals surface area contributed by atoms with E-state index in [1.807, 2.05) is 11.0 Å². The lowest BCUT2D eigenvalue weighted by molar-refractivity contribution is 0.0633. The number of rotatable bonds is 1. The summed E-state index contributed by atoms with van der Waals surface area (Å²) >= 11 is 1.45. The molecule has 0 aliphatic carbocycles. The van der Waals surface area contributed by atoms with Crippen molar-refractivity contribution < 1.29 is 4.79 Å². The molecule has 3 rings (SSSR count). The average Bonchev–Trinajstić information content (AvgIpc) is 2.79. The van der Waals surface area contributed by atoms with Crippen LogP contribution in [0, 0.1) is 11.8 Å². The Kier molecular flexibility index (Phi) is 3.38. The molecule has 0 aromatic carbocycles. The molecule has 1 saturated heterocycles. The maximum Gasteiger partial charge on any atom is 0.266 e. The summed E-state index contributed by atoms with van der Waals surface area (Å²) in [6, 6.07) is 1.87. The second-order valence-electron chi connectivity index (χ2n) is 5.71. The van der Waals surface area contributed by atoms with Gasteiger partial charge in [-0.1, -0.05) is 13.8 Å². The van der Waals surface area contributed by atoms with Gasteiger partial charge in [-0.2, -0.15) is 0 Å². The van der Waals surface area contributed by atoms with Gasteiger partial charge < -0.3 is 10.6 Å². The van der Waals surface area contributed by atoms with Gasteiger partial charge >= 0.3 is 0 Å². The van der Waals surface area contributed by atoms with Crippen LogP contribution >= 0.6 is 11.3 Å². The lowest BCUT2D eigenvalue weighted by Crippen LogP contribution is -2.42. The number of nitrogen functional groups attached to an aromatic ring is 1. The van der Waals surface area contributed by atoms with Crippen LogP contribution in [-0.4, -0.2) is 28.9 Å². The van der Waals surface area contributed by atoms with E-state index in [0.29, 0.717) is 22.4 Å². The number of fused-ring (bicyclic) bond motifs is 1. The Bertz CT molecular complexity index is 652. The van der Waals surface area contributed by atoms with E-state index in [4.69, 9.17) is 5.73 Å². The molecule has 0 radical (unpaired) electrons. The lowest BCUT2D eigenvalue weighted by atomic mass is 9.88. The molecule has 2 N–H and O–H groups in total. The molecule has 0 spiro atoms. The number of likely N-dealkylation sites (tertiary alicyclic amines) is 1. The molecule has 5 heteroatoms. The van der Waals surface area contributed by atoms with E-state index in [0.717, 1.165) is 29.6 Å².